The van der Waals surface area contributed by atoms with Gasteiger partial charge < -0.3 is 18.7 Å². The van der Waals surface area contributed by atoms with Crippen LogP contribution < -0.4 is 10.4 Å². The van der Waals surface area contributed by atoms with Crippen LogP contribution in [0.2, 0.25) is 0 Å². The van der Waals surface area contributed by atoms with Gasteiger partial charge in [0.1, 0.15) is 17.9 Å². The van der Waals surface area contributed by atoms with Gasteiger partial charge in [-0.05, 0) is 38.6 Å². The first-order valence-corrected chi connectivity index (χ1v) is 10.4. The number of hydrogen-bond acceptors (Lipinski definition) is 7. The van der Waals surface area contributed by atoms with Crippen LogP contribution in [0.15, 0.2) is 45.9 Å². The van der Waals surface area contributed by atoms with Crippen LogP contribution in [0.3, 0.4) is 0 Å². The Kier molecular flexibility index (Phi) is 6.01. The van der Waals surface area contributed by atoms with Gasteiger partial charge in [-0.25, -0.2) is 9.78 Å². The average Bonchev–Trinajstić information content (AvgIpc) is 3.16. The highest BCUT2D eigenvalue weighted by Gasteiger charge is 2.14. The lowest BCUT2D eigenvalue weighted by molar-refractivity contribution is 0.174. The highest BCUT2D eigenvalue weighted by Crippen LogP contribution is 2.25. The lowest BCUT2D eigenvalue weighted by Gasteiger charge is -2.19. The average molecular weight is 422 g/mol. The zero-order valence-corrected chi connectivity index (χ0v) is 18.0. The molecule has 0 aliphatic rings. The Morgan fingerprint density at radius 1 is 1.16 bits per heavy atom. The predicted octanol–water partition coefficient (Wildman–Crippen LogP) is 2.81. The highest BCUT2D eigenvalue weighted by molar-refractivity contribution is 5.82. The number of ether oxygens (including phenoxy) is 1. The minimum Gasteiger partial charge on any atom is -0.492 e. The maximum absolute atomic E-state index is 12.7. The predicted molar refractivity (Wildman–Crippen MR) is 119 cm³/mol. The van der Waals surface area contributed by atoms with Crippen molar-refractivity contribution in [1.29, 1.82) is 0 Å². The molecule has 0 fully saturated rings. The van der Waals surface area contributed by atoms with Gasteiger partial charge in [-0.2, -0.15) is 0 Å². The summed E-state index contributed by atoms with van der Waals surface area (Å²) in [6.07, 6.45) is 3.70. The smallest absolute Gasteiger partial charge is 0.345 e. The fraction of sp³-hybridized carbons (Fsp3) is 0.348. The number of hydrogen-bond donors (Lipinski definition) is 1. The van der Waals surface area contributed by atoms with Crippen LogP contribution in [0.5, 0.6) is 5.75 Å². The van der Waals surface area contributed by atoms with Crippen LogP contribution in [0.1, 0.15) is 18.3 Å². The van der Waals surface area contributed by atoms with Gasteiger partial charge in [0.05, 0.1) is 29.3 Å². The van der Waals surface area contributed by atoms with Crippen molar-refractivity contribution in [2.75, 3.05) is 32.8 Å². The van der Waals surface area contributed by atoms with E-state index in [1.807, 2.05) is 49.7 Å². The number of imidazole rings is 1. The number of aliphatic hydroxyl groups is 1. The summed E-state index contributed by atoms with van der Waals surface area (Å²) in [6.45, 7) is 8.63. The van der Waals surface area contributed by atoms with Crippen molar-refractivity contribution in [3.63, 3.8) is 0 Å². The molecule has 4 rings (SSSR count). The van der Waals surface area contributed by atoms with Crippen LogP contribution in [0.25, 0.3) is 27.9 Å². The molecule has 162 valence electrons. The van der Waals surface area contributed by atoms with E-state index in [2.05, 4.69) is 14.9 Å². The number of aliphatic hydroxyl groups excluding tert-OH is 1. The van der Waals surface area contributed by atoms with Crippen molar-refractivity contribution in [2.24, 2.45) is 0 Å². The molecule has 8 nitrogen and oxygen atoms in total. The van der Waals surface area contributed by atoms with Crippen molar-refractivity contribution in [1.82, 2.24) is 19.3 Å². The third kappa shape index (κ3) is 4.45. The molecule has 8 heteroatoms. The second kappa shape index (κ2) is 8.87. The van der Waals surface area contributed by atoms with Gasteiger partial charge in [-0.15, -0.1) is 0 Å². The topological polar surface area (TPSA) is 93.1 Å². The lowest BCUT2D eigenvalue weighted by atomic mass is 10.1. The third-order valence-electron chi connectivity index (χ3n) is 5.25. The van der Waals surface area contributed by atoms with E-state index in [1.54, 1.807) is 12.1 Å². The molecular weight excluding hydrogens is 396 g/mol. The van der Waals surface area contributed by atoms with E-state index in [4.69, 9.17) is 14.3 Å². The van der Waals surface area contributed by atoms with Gasteiger partial charge >= 0.3 is 5.63 Å². The molecule has 0 saturated heterocycles. The first-order chi connectivity index (χ1) is 15.0. The summed E-state index contributed by atoms with van der Waals surface area (Å²) in [5, 5.41) is 9.86. The normalized spacial score (nSPS) is 11.6. The van der Waals surface area contributed by atoms with Gasteiger partial charge in [0.2, 0.25) is 0 Å². The summed E-state index contributed by atoms with van der Waals surface area (Å²) in [5.74, 6) is 0.633. The Morgan fingerprint density at radius 3 is 2.77 bits per heavy atom. The Labute approximate surface area is 179 Å². The van der Waals surface area contributed by atoms with Crippen LogP contribution in [0, 0.1) is 13.8 Å². The maximum Gasteiger partial charge on any atom is 0.345 e. The Bertz CT molecular complexity index is 1280. The molecule has 0 amide bonds. The Morgan fingerprint density at radius 2 is 2.00 bits per heavy atom. The Hall–Kier alpha value is -3.23. The van der Waals surface area contributed by atoms with E-state index in [0.29, 0.717) is 47.9 Å². The van der Waals surface area contributed by atoms with Crippen molar-refractivity contribution in [2.45, 2.75) is 20.8 Å². The highest BCUT2D eigenvalue weighted by atomic mass is 16.5. The molecule has 0 aliphatic heterocycles. The first kappa shape index (κ1) is 21.0. The van der Waals surface area contributed by atoms with Gasteiger partial charge in [0.15, 0.2) is 5.65 Å². The second-order valence-electron chi connectivity index (χ2n) is 7.48. The number of nitrogens with zero attached hydrogens (tertiary/aromatic N) is 4. The van der Waals surface area contributed by atoms with Crippen LogP contribution in [-0.2, 0) is 0 Å². The van der Waals surface area contributed by atoms with Gasteiger partial charge in [0.25, 0.3) is 0 Å². The molecule has 0 atom stereocenters. The number of aryl methyl sites for hydroxylation is 2. The van der Waals surface area contributed by atoms with E-state index in [0.717, 1.165) is 23.3 Å². The first-order valence-electron chi connectivity index (χ1n) is 10.4. The third-order valence-corrected chi connectivity index (χ3v) is 5.25. The summed E-state index contributed by atoms with van der Waals surface area (Å²) in [7, 11) is 0. The number of likely N-dealkylation sites (N-methyl/N-ethyl adjacent to an activating group) is 1. The van der Waals surface area contributed by atoms with E-state index in [1.165, 1.54) is 0 Å². The molecule has 0 aliphatic carbocycles. The SMILES string of the molecule is CCN(CCO)CCOc1ccc2cc(-c3cn4cc(C)nc(C)c4n3)c(=O)oc2c1. The van der Waals surface area contributed by atoms with Crippen molar-refractivity contribution in [3.8, 4) is 17.0 Å². The minimum absolute atomic E-state index is 0.124. The molecule has 0 bridgehead atoms. The standard InChI is InChI=1S/C23H26N4O4/c1-4-26(7-9-28)8-10-30-18-6-5-17-11-19(23(29)31-21(17)12-18)20-14-27-13-15(2)24-16(3)22(27)25-20/h5-6,11-14,28H,4,7-10H2,1-3H3. The van der Waals surface area contributed by atoms with E-state index in [-0.39, 0.29) is 6.61 Å². The summed E-state index contributed by atoms with van der Waals surface area (Å²) >= 11 is 0. The maximum atomic E-state index is 12.7. The number of rotatable bonds is 8. The van der Waals surface area contributed by atoms with E-state index < -0.39 is 5.63 Å². The van der Waals surface area contributed by atoms with Crippen LogP contribution >= 0.6 is 0 Å². The monoisotopic (exact) mass is 422 g/mol. The summed E-state index contributed by atoms with van der Waals surface area (Å²) in [4.78, 5) is 23.8. The van der Waals surface area contributed by atoms with Crippen molar-refractivity contribution < 1.29 is 14.3 Å². The molecule has 0 spiro atoms. The van der Waals surface area contributed by atoms with Crippen molar-refractivity contribution >= 4 is 16.6 Å². The van der Waals surface area contributed by atoms with Gasteiger partial charge in [-0.1, -0.05) is 6.92 Å². The molecule has 1 aromatic carbocycles. The molecular formula is C23H26N4O4. The lowest BCUT2D eigenvalue weighted by Crippen LogP contribution is -2.30. The number of fused-ring (bicyclic) bond motifs is 2. The molecule has 4 aromatic rings. The van der Waals surface area contributed by atoms with Gasteiger partial charge in [0, 0.05) is 36.9 Å². The quantitative estimate of drug-likeness (QED) is 0.437. The molecule has 1 N–H and O–H groups in total. The zero-order chi connectivity index (χ0) is 22.0. The van der Waals surface area contributed by atoms with Crippen LogP contribution in [-0.4, -0.2) is 57.2 Å². The van der Waals surface area contributed by atoms with E-state index >= 15 is 0 Å². The largest absolute Gasteiger partial charge is 0.492 e. The summed E-state index contributed by atoms with van der Waals surface area (Å²) in [6, 6.07) is 7.25. The molecule has 0 saturated carbocycles. The molecule has 0 radical (unpaired) electrons. The molecule has 31 heavy (non-hydrogen) atoms. The number of benzene rings is 1. The Balaban J connectivity index is 1.59. The van der Waals surface area contributed by atoms with E-state index in [9.17, 15) is 4.79 Å². The fourth-order valence-corrected chi connectivity index (χ4v) is 3.66. The molecule has 3 heterocycles. The van der Waals surface area contributed by atoms with Crippen molar-refractivity contribution in [3.05, 3.63) is 58.5 Å². The zero-order valence-electron chi connectivity index (χ0n) is 18.0. The van der Waals surface area contributed by atoms with Crippen LogP contribution in [0.4, 0.5) is 0 Å². The second-order valence-corrected chi connectivity index (χ2v) is 7.48. The molecule has 0 unspecified atom stereocenters. The summed E-state index contributed by atoms with van der Waals surface area (Å²) < 4.78 is 13.3. The minimum atomic E-state index is -0.449. The summed E-state index contributed by atoms with van der Waals surface area (Å²) in [5.41, 5.74) is 3.37. The van der Waals surface area contributed by atoms with Gasteiger partial charge in [-0.3, -0.25) is 9.88 Å². The fourth-order valence-electron chi connectivity index (χ4n) is 3.66. The molecule has 3 aromatic heterocycles. The number of aromatic nitrogens is 3.